The molecule has 0 radical (unpaired) electrons. The van der Waals surface area contributed by atoms with E-state index in [0.29, 0.717) is 0 Å². The monoisotopic (exact) mass is 187 g/mol. The van der Waals surface area contributed by atoms with Crippen molar-refractivity contribution in [3.05, 3.63) is 42.6 Å². The summed E-state index contributed by atoms with van der Waals surface area (Å²) in [5, 5.41) is 4.42. The largest absolute Gasteiger partial charge is 0.361 e. The fourth-order valence-electron chi connectivity index (χ4n) is 1.28. The van der Waals surface area contributed by atoms with Crippen LogP contribution in [-0.4, -0.2) is 23.9 Å². The second-order valence-electron chi connectivity index (χ2n) is 3.35. The summed E-state index contributed by atoms with van der Waals surface area (Å²) in [6, 6.07) is 12.1. The molecule has 0 bridgehead atoms. The summed E-state index contributed by atoms with van der Waals surface area (Å²) < 4.78 is 1.87. The van der Waals surface area contributed by atoms with Gasteiger partial charge < -0.3 is 4.90 Å². The van der Waals surface area contributed by atoms with Gasteiger partial charge in [0.1, 0.15) is 5.82 Å². The van der Waals surface area contributed by atoms with Crippen LogP contribution < -0.4 is 4.90 Å². The van der Waals surface area contributed by atoms with Crippen molar-refractivity contribution in [3.8, 4) is 5.69 Å². The predicted molar refractivity (Wildman–Crippen MR) is 57.9 cm³/mol. The van der Waals surface area contributed by atoms with Gasteiger partial charge in [-0.1, -0.05) is 18.2 Å². The van der Waals surface area contributed by atoms with Crippen LogP contribution in [-0.2, 0) is 0 Å². The molecule has 0 atom stereocenters. The summed E-state index contributed by atoms with van der Waals surface area (Å²) >= 11 is 0. The van der Waals surface area contributed by atoms with Crippen LogP contribution in [0, 0.1) is 0 Å². The molecule has 3 nitrogen and oxygen atoms in total. The maximum Gasteiger partial charge on any atom is 0.150 e. The number of aromatic nitrogens is 2. The SMILES string of the molecule is CN(C)c1ccn(-c2ccccc2)n1. The minimum Gasteiger partial charge on any atom is -0.361 e. The molecule has 72 valence electrons. The van der Waals surface area contributed by atoms with Crippen LogP contribution in [0.5, 0.6) is 0 Å². The van der Waals surface area contributed by atoms with E-state index in [0.717, 1.165) is 11.5 Å². The molecule has 0 aliphatic rings. The molecule has 0 saturated heterocycles. The van der Waals surface area contributed by atoms with Gasteiger partial charge in [-0.15, -0.1) is 0 Å². The van der Waals surface area contributed by atoms with E-state index >= 15 is 0 Å². The molecule has 0 fully saturated rings. The molecule has 0 amide bonds. The van der Waals surface area contributed by atoms with Crippen LogP contribution in [0.2, 0.25) is 0 Å². The van der Waals surface area contributed by atoms with Crippen LogP contribution in [0.4, 0.5) is 5.82 Å². The molecule has 0 aliphatic heterocycles. The van der Waals surface area contributed by atoms with E-state index in [1.54, 1.807) is 0 Å². The van der Waals surface area contributed by atoms with Crippen molar-refractivity contribution >= 4 is 5.82 Å². The van der Waals surface area contributed by atoms with Crippen molar-refractivity contribution in [2.45, 2.75) is 0 Å². The molecule has 3 heteroatoms. The molecule has 1 aromatic heterocycles. The van der Waals surface area contributed by atoms with E-state index in [1.807, 2.05) is 66.3 Å². The van der Waals surface area contributed by atoms with Gasteiger partial charge >= 0.3 is 0 Å². The van der Waals surface area contributed by atoms with E-state index in [9.17, 15) is 0 Å². The van der Waals surface area contributed by atoms with E-state index < -0.39 is 0 Å². The molecule has 0 N–H and O–H groups in total. The molecule has 2 aromatic rings. The van der Waals surface area contributed by atoms with Crippen LogP contribution >= 0.6 is 0 Å². The Labute approximate surface area is 83.6 Å². The number of benzene rings is 1. The van der Waals surface area contributed by atoms with Gasteiger partial charge in [-0.2, -0.15) is 5.10 Å². The molecule has 2 rings (SSSR count). The lowest BCUT2D eigenvalue weighted by Gasteiger charge is -2.06. The zero-order chi connectivity index (χ0) is 9.97. The van der Waals surface area contributed by atoms with E-state index in [1.165, 1.54) is 0 Å². The topological polar surface area (TPSA) is 21.1 Å². The Bertz CT molecular complexity index is 403. The Morgan fingerprint density at radius 2 is 1.79 bits per heavy atom. The molecule has 1 heterocycles. The lowest BCUT2D eigenvalue weighted by atomic mass is 10.3. The van der Waals surface area contributed by atoms with Gasteiger partial charge in [-0.05, 0) is 12.1 Å². The third-order valence-electron chi connectivity index (χ3n) is 2.05. The van der Waals surface area contributed by atoms with Crippen molar-refractivity contribution in [2.24, 2.45) is 0 Å². The number of para-hydroxylation sites is 1. The fraction of sp³-hybridized carbons (Fsp3) is 0.182. The van der Waals surface area contributed by atoms with Gasteiger partial charge in [0.25, 0.3) is 0 Å². The van der Waals surface area contributed by atoms with Gasteiger partial charge in [0.15, 0.2) is 0 Å². The van der Waals surface area contributed by atoms with Gasteiger partial charge in [-0.25, -0.2) is 4.68 Å². The Kier molecular flexibility index (Phi) is 2.23. The number of anilines is 1. The molecule has 0 spiro atoms. The second kappa shape index (κ2) is 3.54. The first-order valence-electron chi connectivity index (χ1n) is 4.56. The minimum atomic E-state index is 0.967. The number of hydrogen-bond acceptors (Lipinski definition) is 2. The maximum absolute atomic E-state index is 4.42. The van der Waals surface area contributed by atoms with Gasteiger partial charge in [0, 0.05) is 26.4 Å². The van der Waals surface area contributed by atoms with Gasteiger partial charge in [0.2, 0.25) is 0 Å². The zero-order valence-electron chi connectivity index (χ0n) is 8.38. The average Bonchev–Trinajstić information content (AvgIpc) is 2.68. The number of rotatable bonds is 2. The Balaban J connectivity index is 2.34. The number of nitrogens with zero attached hydrogens (tertiary/aromatic N) is 3. The number of hydrogen-bond donors (Lipinski definition) is 0. The quantitative estimate of drug-likeness (QED) is 0.716. The standard InChI is InChI=1S/C11H13N3/c1-13(2)11-8-9-14(12-11)10-6-4-3-5-7-10/h3-9H,1-2H3. The molecule has 0 aliphatic carbocycles. The average molecular weight is 187 g/mol. The van der Waals surface area contributed by atoms with Crippen molar-refractivity contribution in [1.82, 2.24) is 9.78 Å². The molecular weight excluding hydrogens is 174 g/mol. The highest BCUT2D eigenvalue weighted by molar-refractivity contribution is 5.38. The summed E-state index contributed by atoms with van der Waals surface area (Å²) in [5.74, 6) is 0.967. The maximum atomic E-state index is 4.42. The first-order chi connectivity index (χ1) is 6.77. The summed E-state index contributed by atoms with van der Waals surface area (Å²) in [6.45, 7) is 0. The highest BCUT2D eigenvalue weighted by atomic mass is 15.3. The Morgan fingerprint density at radius 1 is 1.07 bits per heavy atom. The molecule has 1 aromatic carbocycles. The summed E-state index contributed by atoms with van der Waals surface area (Å²) in [5.41, 5.74) is 1.08. The summed E-state index contributed by atoms with van der Waals surface area (Å²) in [7, 11) is 3.97. The lowest BCUT2D eigenvalue weighted by Crippen LogP contribution is -2.09. The molecular formula is C11H13N3. The lowest BCUT2D eigenvalue weighted by molar-refractivity contribution is 0.866. The minimum absolute atomic E-state index is 0.967. The third kappa shape index (κ3) is 1.62. The van der Waals surface area contributed by atoms with Crippen LogP contribution in [0.15, 0.2) is 42.6 Å². The second-order valence-corrected chi connectivity index (χ2v) is 3.35. The first kappa shape index (κ1) is 8.81. The van der Waals surface area contributed by atoms with Gasteiger partial charge in [0.05, 0.1) is 5.69 Å². The van der Waals surface area contributed by atoms with E-state index in [2.05, 4.69) is 5.10 Å². The van der Waals surface area contributed by atoms with Gasteiger partial charge in [-0.3, -0.25) is 0 Å². The van der Waals surface area contributed by atoms with Crippen molar-refractivity contribution in [2.75, 3.05) is 19.0 Å². The summed E-state index contributed by atoms with van der Waals surface area (Å²) in [4.78, 5) is 1.99. The summed E-state index contributed by atoms with van der Waals surface area (Å²) in [6.07, 6.45) is 1.96. The first-order valence-corrected chi connectivity index (χ1v) is 4.56. The molecule has 0 saturated carbocycles. The highest BCUT2D eigenvalue weighted by Crippen LogP contribution is 2.11. The van der Waals surface area contributed by atoms with Crippen LogP contribution in [0.3, 0.4) is 0 Å². The van der Waals surface area contributed by atoms with Crippen molar-refractivity contribution < 1.29 is 0 Å². The van der Waals surface area contributed by atoms with Crippen LogP contribution in [0.25, 0.3) is 5.69 Å². The predicted octanol–water partition coefficient (Wildman–Crippen LogP) is 1.94. The molecule has 14 heavy (non-hydrogen) atoms. The normalized spacial score (nSPS) is 10.1. The highest BCUT2D eigenvalue weighted by Gasteiger charge is 2.00. The molecule has 0 unspecified atom stereocenters. The fourth-order valence-corrected chi connectivity index (χ4v) is 1.28. The Morgan fingerprint density at radius 3 is 2.36 bits per heavy atom. The smallest absolute Gasteiger partial charge is 0.150 e. The van der Waals surface area contributed by atoms with E-state index in [-0.39, 0.29) is 0 Å². The third-order valence-corrected chi connectivity index (χ3v) is 2.05. The van der Waals surface area contributed by atoms with Crippen molar-refractivity contribution in [1.29, 1.82) is 0 Å². The zero-order valence-corrected chi connectivity index (χ0v) is 8.38. The van der Waals surface area contributed by atoms with Crippen molar-refractivity contribution in [3.63, 3.8) is 0 Å². The Hall–Kier alpha value is -1.77. The van der Waals surface area contributed by atoms with E-state index in [4.69, 9.17) is 0 Å². The van der Waals surface area contributed by atoms with Crippen LogP contribution in [0.1, 0.15) is 0 Å².